The average molecular weight is 529 g/mol. The minimum absolute atomic E-state index is 0. The Morgan fingerprint density at radius 2 is 1.97 bits per heavy atom. The van der Waals surface area contributed by atoms with Crippen molar-refractivity contribution in [1.29, 1.82) is 0 Å². The van der Waals surface area contributed by atoms with E-state index in [0.29, 0.717) is 12.1 Å². The number of nitrogens with zero attached hydrogens (tertiary/aromatic N) is 3. The fourth-order valence-electron chi connectivity index (χ4n) is 2.56. The SMILES string of the molecule is CN=C(NCCc1cccc(C(=O)N(C)C)c1)NCc1nc(C(C)(C)C)cs1.I. The third-order valence-corrected chi connectivity index (χ3v) is 5.09. The Kier molecular flexibility index (Phi) is 10.0. The van der Waals surface area contributed by atoms with Gasteiger partial charge in [-0.25, -0.2) is 4.98 Å². The van der Waals surface area contributed by atoms with Crippen LogP contribution in [0.1, 0.15) is 47.4 Å². The Labute approximate surface area is 195 Å². The van der Waals surface area contributed by atoms with E-state index in [1.807, 2.05) is 24.3 Å². The highest BCUT2D eigenvalue weighted by atomic mass is 127. The molecule has 0 unspecified atom stereocenters. The summed E-state index contributed by atoms with van der Waals surface area (Å²) in [6, 6.07) is 7.76. The van der Waals surface area contributed by atoms with Crippen LogP contribution < -0.4 is 10.6 Å². The molecule has 0 aliphatic heterocycles. The number of hydrogen-bond acceptors (Lipinski definition) is 4. The molecule has 2 aromatic rings. The van der Waals surface area contributed by atoms with Crippen molar-refractivity contribution in [3.8, 4) is 0 Å². The lowest BCUT2D eigenvalue weighted by atomic mass is 9.93. The third kappa shape index (κ3) is 7.93. The molecular weight excluding hydrogens is 497 g/mol. The maximum absolute atomic E-state index is 12.1. The summed E-state index contributed by atoms with van der Waals surface area (Å²) >= 11 is 1.66. The minimum Gasteiger partial charge on any atom is -0.356 e. The Bertz CT molecular complexity index is 826. The number of guanidine groups is 1. The first-order valence-corrected chi connectivity index (χ1v) is 10.3. The molecule has 0 bridgehead atoms. The number of benzene rings is 1. The number of halogens is 1. The molecule has 2 rings (SSSR count). The van der Waals surface area contributed by atoms with Crippen molar-refractivity contribution in [3.63, 3.8) is 0 Å². The molecule has 1 aromatic carbocycles. The monoisotopic (exact) mass is 529 g/mol. The average Bonchev–Trinajstić information content (AvgIpc) is 3.13. The largest absolute Gasteiger partial charge is 0.356 e. The summed E-state index contributed by atoms with van der Waals surface area (Å²) in [5.74, 6) is 0.762. The molecule has 0 saturated carbocycles. The van der Waals surface area contributed by atoms with Crippen molar-refractivity contribution in [1.82, 2.24) is 20.5 Å². The second-order valence-electron chi connectivity index (χ2n) is 7.88. The molecule has 0 spiro atoms. The topological polar surface area (TPSA) is 69.6 Å². The lowest BCUT2D eigenvalue weighted by Crippen LogP contribution is -2.37. The standard InChI is InChI=1S/C21H31N5OS.HI/c1-21(2,3)17-14-28-18(25-17)13-24-20(22-4)23-11-10-15-8-7-9-16(12-15)19(27)26(5)6;/h7-9,12,14H,10-11,13H2,1-6H3,(H2,22,23,24);1H. The van der Waals surface area contributed by atoms with Gasteiger partial charge in [0.2, 0.25) is 0 Å². The van der Waals surface area contributed by atoms with Crippen molar-refractivity contribution < 1.29 is 4.79 Å². The van der Waals surface area contributed by atoms with Gasteiger partial charge >= 0.3 is 0 Å². The van der Waals surface area contributed by atoms with Gasteiger partial charge < -0.3 is 15.5 Å². The molecule has 0 atom stereocenters. The van der Waals surface area contributed by atoms with Crippen molar-refractivity contribution >= 4 is 47.2 Å². The lowest BCUT2D eigenvalue weighted by Gasteiger charge is -2.14. The van der Waals surface area contributed by atoms with Gasteiger partial charge in [0.05, 0.1) is 12.2 Å². The van der Waals surface area contributed by atoms with E-state index >= 15 is 0 Å². The summed E-state index contributed by atoms with van der Waals surface area (Å²) in [6.07, 6.45) is 0.806. The second-order valence-corrected chi connectivity index (χ2v) is 8.82. The maximum Gasteiger partial charge on any atom is 0.253 e. The van der Waals surface area contributed by atoms with Gasteiger partial charge in [0.25, 0.3) is 5.91 Å². The van der Waals surface area contributed by atoms with Gasteiger partial charge in [0.1, 0.15) is 5.01 Å². The first-order valence-electron chi connectivity index (χ1n) is 9.40. The number of aromatic nitrogens is 1. The van der Waals surface area contributed by atoms with Crippen LogP contribution in [-0.2, 0) is 18.4 Å². The molecule has 6 nitrogen and oxygen atoms in total. The summed E-state index contributed by atoms with van der Waals surface area (Å²) < 4.78 is 0. The van der Waals surface area contributed by atoms with Gasteiger partial charge in [-0.1, -0.05) is 32.9 Å². The number of nitrogens with one attached hydrogen (secondary N) is 2. The number of thiazole rings is 1. The Hall–Kier alpha value is -1.68. The molecule has 1 aromatic heterocycles. The molecule has 0 fully saturated rings. The van der Waals surface area contributed by atoms with Crippen molar-refractivity contribution in [2.24, 2.45) is 4.99 Å². The lowest BCUT2D eigenvalue weighted by molar-refractivity contribution is 0.0827. The summed E-state index contributed by atoms with van der Waals surface area (Å²) in [6.45, 7) is 7.88. The summed E-state index contributed by atoms with van der Waals surface area (Å²) in [5.41, 5.74) is 3.01. The number of hydrogen-bond donors (Lipinski definition) is 2. The van der Waals surface area contributed by atoms with Crippen LogP contribution >= 0.6 is 35.3 Å². The fraction of sp³-hybridized carbons (Fsp3) is 0.476. The van der Waals surface area contributed by atoms with E-state index in [-0.39, 0.29) is 35.3 Å². The highest BCUT2D eigenvalue weighted by molar-refractivity contribution is 14.0. The van der Waals surface area contributed by atoms with Crippen molar-refractivity contribution in [2.45, 2.75) is 39.2 Å². The van der Waals surface area contributed by atoms with Crippen molar-refractivity contribution in [2.75, 3.05) is 27.7 Å². The van der Waals surface area contributed by atoms with Gasteiger partial charge in [0.15, 0.2) is 5.96 Å². The number of aliphatic imine (C=N–C) groups is 1. The molecule has 1 heterocycles. The van der Waals surface area contributed by atoms with Gasteiger partial charge in [0, 0.05) is 44.0 Å². The quantitative estimate of drug-likeness (QED) is 0.341. The van der Waals surface area contributed by atoms with E-state index in [1.165, 1.54) is 0 Å². The molecule has 0 aliphatic rings. The first kappa shape index (κ1) is 25.4. The van der Waals surface area contributed by atoms with Gasteiger partial charge in [-0.05, 0) is 24.1 Å². The number of amides is 1. The van der Waals surface area contributed by atoms with Crippen LogP contribution in [0.15, 0.2) is 34.6 Å². The van der Waals surface area contributed by atoms with Crippen LogP contribution in [0.2, 0.25) is 0 Å². The summed E-state index contributed by atoms with van der Waals surface area (Å²) in [5, 5.41) is 9.79. The predicted octanol–water partition coefficient (Wildman–Crippen LogP) is 3.67. The maximum atomic E-state index is 12.1. The van der Waals surface area contributed by atoms with E-state index in [1.54, 1.807) is 37.4 Å². The normalized spacial score (nSPS) is 11.6. The molecular formula is C21H32IN5OS. The molecule has 0 saturated heterocycles. The van der Waals surface area contributed by atoms with Crippen molar-refractivity contribution in [3.05, 3.63) is 51.5 Å². The number of rotatable bonds is 6. The zero-order valence-electron chi connectivity index (χ0n) is 18.1. The van der Waals surface area contributed by atoms with Crippen LogP contribution in [-0.4, -0.2) is 49.4 Å². The predicted molar refractivity (Wildman–Crippen MR) is 133 cm³/mol. The zero-order valence-corrected chi connectivity index (χ0v) is 21.2. The van der Waals surface area contributed by atoms with Gasteiger partial charge in [-0.15, -0.1) is 35.3 Å². The number of carbonyl (C=O) groups excluding carboxylic acids is 1. The minimum atomic E-state index is 0. The smallest absolute Gasteiger partial charge is 0.253 e. The van der Waals surface area contributed by atoms with Gasteiger partial charge in [-0.3, -0.25) is 9.79 Å². The Balaban J connectivity index is 0.00000420. The Morgan fingerprint density at radius 1 is 1.24 bits per heavy atom. The van der Waals surface area contributed by atoms with Crippen LogP contribution in [0.3, 0.4) is 0 Å². The summed E-state index contributed by atoms with van der Waals surface area (Å²) in [4.78, 5) is 22.6. The molecule has 0 aliphatic carbocycles. The highest BCUT2D eigenvalue weighted by Crippen LogP contribution is 2.23. The van der Waals surface area contributed by atoms with E-state index < -0.39 is 0 Å². The molecule has 2 N–H and O–H groups in total. The van der Waals surface area contributed by atoms with Crippen LogP contribution in [0, 0.1) is 0 Å². The van der Waals surface area contributed by atoms with E-state index in [4.69, 9.17) is 4.98 Å². The first-order chi connectivity index (χ1) is 13.2. The van der Waals surface area contributed by atoms with E-state index in [9.17, 15) is 4.79 Å². The zero-order chi connectivity index (χ0) is 20.7. The van der Waals surface area contributed by atoms with Crippen LogP contribution in [0.5, 0.6) is 0 Å². The van der Waals surface area contributed by atoms with Crippen LogP contribution in [0.4, 0.5) is 0 Å². The Morgan fingerprint density at radius 3 is 2.55 bits per heavy atom. The molecule has 29 heavy (non-hydrogen) atoms. The molecule has 160 valence electrons. The molecule has 0 radical (unpaired) electrons. The van der Waals surface area contributed by atoms with E-state index in [0.717, 1.165) is 35.2 Å². The second kappa shape index (κ2) is 11.5. The summed E-state index contributed by atoms with van der Waals surface area (Å²) in [7, 11) is 5.28. The molecule has 8 heteroatoms. The van der Waals surface area contributed by atoms with E-state index in [2.05, 4.69) is 41.8 Å². The van der Waals surface area contributed by atoms with Gasteiger partial charge in [-0.2, -0.15) is 0 Å². The van der Waals surface area contributed by atoms with Crippen LogP contribution in [0.25, 0.3) is 0 Å². The fourth-order valence-corrected chi connectivity index (χ4v) is 3.52. The molecule has 1 amide bonds. The highest BCUT2D eigenvalue weighted by Gasteiger charge is 2.17. The number of carbonyl (C=O) groups is 1. The third-order valence-electron chi connectivity index (χ3n) is 4.24.